The van der Waals surface area contributed by atoms with Gasteiger partial charge in [-0.15, -0.1) is 0 Å². The summed E-state index contributed by atoms with van der Waals surface area (Å²) >= 11 is 0. The molecule has 0 radical (unpaired) electrons. The zero-order valence-corrected chi connectivity index (χ0v) is 15.2. The van der Waals surface area contributed by atoms with Crippen LogP contribution in [0.25, 0.3) is 0 Å². The molecule has 1 rings (SSSR count). The predicted octanol–water partition coefficient (Wildman–Crippen LogP) is 4.00. The van der Waals surface area contributed by atoms with E-state index in [9.17, 15) is 8.78 Å². The van der Waals surface area contributed by atoms with Crippen molar-refractivity contribution in [3.05, 3.63) is 22.8 Å². The first-order chi connectivity index (χ1) is 10.5. The van der Waals surface area contributed by atoms with Crippen molar-refractivity contribution < 1.29 is 8.78 Å². The molecule has 2 nitrogen and oxygen atoms in total. The molecule has 0 atom stereocenters. The van der Waals surface area contributed by atoms with Crippen molar-refractivity contribution in [1.82, 2.24) is 0 Å². The SMILES string of the molecule is CCP(CC)c1c(F)c(C#N)c(C#N)c(F)c1P(CC)CC. The molecule has 0 saturated heterocycles. The van der Waals surface area contributed by atoms with Gasteiger partial charge in [0.15, 0.2) is 11.6 Å². The van der Waals surface area contributed by atoms with Crippen LogP contribution in [0.4, 0.5) is 8.78 Å². The molecule has 0 saturated carbocycles. The van der Waals surface area contributed by atoms with E-state index in [0.717, 1.165) is 24.6 Å². The van der Waals surface area contributed by atoms with Gasteiger partial charge in [0.25, 0.3) is 0 Å². The lowest BCUT2D eigenvalue weighted by molar-refractivity contribution is 0.607. The minimum Gasteiger partial charge on any atom is -0.205 e. The number of nitrogens with zero attached hydrogens (tertiary/aromatic N) is 2. The third-order valence-electron chi connectivity index (χ3n) is 3.71. The van der Waals surface area contributed by atoms with E-state index in [1.54, 1.807) is 12.1 Å². The largest absolute Gasteiger partial charge is 0.205 e. The Morgan fingerprint density at radius 3 is 1.18 bits per heavy atom. The van der Waals surface area contributed by atoms with E-state index in [4.69, 9.17) is 10.5 Å². The average Bonchev–Trinajstić information content (AvgIpc) is 2.53. The first-order valence-corrected chi connectivity index (χ1v) is 10.8. The Hall–Kier alpha value is -1.08. The predicted molar refractivity (Wildman–Crippen MR) is 91.1 cm³/mol. The second kappa shape index (κ2) is 8.53. The van der Waals surface area contributed by atoms with Gasteiger partial charge < -0.3 is 0 Å². The van der Waals surface area contributed by atoms with Crippen molar-refractivity contribution >= 4 is 26.5 Å². The van der Waals surface area contributed by atoms with E-state index >= 15 is 0 Å². The monoisotopic (exact) mass is 340 g/mol. The summed E-state index contributed by atoms with van der Waals surface area (Å²) < 4.78 is 29.8. The van der Waals surface area contributed by atoms with Crippen molar-refractivity contribution in [2.75, 3.05) is 24.6 Å². The minimum atomic E-state index is -0.852. The molecule has 22 heavy (non-hydrogen) atoms. The van der Waals surface area contributed by atoms with Crippen molar-refractivity contribution in [2.45, 2.75) is 27.7 Å². The average molecular weight is 340 g/mol. The Morgan fingerprint density at radius 2 is 1.00 bits per heavy atom. The molecule has 0 unspecified atom stereocenters. The Kier molecular flexibility index (Phi) is 7.35. The molecule has 0 aliphatic heterocycles. The number of hydrogen-bond donors (Lipinski definition) is 0. The van der Waals surface area contributed by atoms with Crippen molar-refractivity contribution in [1.29, 1.82) is 10.5 Å². The van der Waals surface area contributed by atoms with E-state index in [2.05, 4.69) is 0 Å². The van der Waals surface area contributed by atoms with Gasteiger partial charge in [-0.05, 0) is 24.6 Å². The number of halogens is 2. The maximum Gasteiger partial charge on any atom is 0.150 e. The van der Waals surface area contributed by atoms with Gasteiger partial charge in [0.1, 0.15) is 23.3 Å². The van der Waals surface area contributed by atoms with Gasteiger partial charge in [-0.3, -0.25) is 0 Å². The van der Waals surface area contributed by atoms with Gasteiger partial charge in [0.05, 0.1) is 0 Å². The smallest absolute Gasteiger partial charge is 0.150 e. The van der Waals surface area contributed by atoms with Gasteiger partial charge in [0, 0.05) is 10.6 Å². The van der Waals surface area contributed by atoms with Crippen LogP contribution in [0.5, 0.6) is 0 Å². The molecule has 0 aromatic heterocycles. The van der Waals surface area contributed by atoms with Crippen LogP contribution < -0.4 is 10.6 Å². The summed E-state index contributed by atoms with van der Waals surface area (Å²) in [6.07, 6.45) is 2.95. The van der Waals surface area contributed by atoms with E-state index in [1.165, 1.54) is 0 Å². The standard InChI is InChI=1S/C16H20F2N2P2/c1-5-21(6-2)15-13(17)11(9-19)12(10-20)14(18)16(15)22(7-3)8-4/h5-8H2,1-4H3. The van der Waals surface area contributed by atoms with Crippen molar-refractivity contribution in [3.63, 3.8) is 0 Å². The van der Waals surface area contributed by atoms with Crippen LogP contribution in [-0.4, -0.2) is 24.6 Å². The fraction of sp³-hybridized carbons (Fsp3) is 0.500. The van der Waals surface area contributed by atoms with Crippen LogP contribution in [0.15, 0.2) is 0 Å². The van der Waals surface area contributed by atoms with Crippen molar-refractivity contribution in [2.24, 2.45) is 0 Å². The van der Waals surface area contributed by atoms with Crippen LogP contribution in [-0.2, 0) is 0 Å². The van der Waals surface area contributed by atoms with E-state index in [-0.39, 0.29) is 0 Å². The zero-order valence-electron chi connectivity index (χ0n) is 13.4. The lowest BCUT2D eigenvalue weighted by Gasteiger charge is -2.25. The molecule has 0 heterocycles. The maximum absolute atomic E-state index is 14.9. The van der Waals surface area contributed by atoms with Gasteiger partial charge in [-0.1, -0.05) is 43.5 Å². The summed E-state index contributed by atoms with van der Waals surface area (Å²) in [6, 6.07) is 3.36. The summed E-state index contributed by atoms with van der Waals surface area (Å²) in [4.78, 5) is 0. The van der Waals surface area contributed by atoms with E-state index < -0.39 is 38.6 Å². The summed E-state index contributed by atoms with van der Waals surface area (Å²) in [5.41, 5.74) is -0.870. The molecule has 0 N–H and O–H groups in total. The number of hydrogen-bond acceptors (Lipinski definition) is 2. The number of nitriles is 2. The first kappa shape index (κ1) is 19.0. The summed E-state index contributed by atoms with van der Waals surface area (Å²) in [5, 5.41) is 19.1. The highest BCUT2D eigenvalue weighted by Crippen LogP contribution is 2.42. The van der Waals surface area contributed by atoms with Crippen LogP contribution in [0.1, 0.15) is 38.8 Å². The Balaban J connectivity index is 3.90. The third-order valence-corrected chi connectivity index (χ3v) is 9.05. The van der Waals surface area contributed by atoms with Crippen LogP contribution in [0.2, 0.25) is 0 Å². The van der Waals surface area contributed by atoms with Crippen LogP contribution in [0.3, 0.4) is 0 Å². The van der Waals surface area contributed by atoms with Crippen LogP contribution in [0, 0.1) is 34.3 Å². The summed E-state index contributed by atoms with van der Waals surface area (Å²) in [7, 11) is -1.70. The molecular weight excluding hydrogens is 320 g/mol. The molecule has 0 spiro atoms. The summed E-state index contributed by atoms with van der Waals surface area (Å²) in [6.45, 7) is 7.84. The topological polar surface area (TPSA) is 47.6 Å². The van der Waals surface area contributed by atoms with Crippen LogP contribution >= 0.6 is 15.8 Å². The molecule has 0 aliphatic rings. The molecule has 0 bridgehead atoms. The molecule has 1 aromatic carbocycles. The molecular formula is C16H20F2N2P2. The Morgan fingerprint density at radius 1 is 0.727 bits per heavy atom. The Bertz CT molecular complexity index is 570. The first-order valence-electron chi connectivity index (χ1n) is 7.37. The van der Waals surface area contributed by atoms with E-state index in [0.29, 0.717) is 10.6 Å². The molecule has 0 fully saturated rings. The highest BCUT2D eigenvalue weighted by atomic mass is 31.1. The fourth-order valence-corrected chi connectivity index (χ4v) is 7.11. The van der Waals surface area contributed by atoms with Gasteiger partial charge >= 0.3 is 0 Å². The molecule has 1 aromatic rings. The third kappa shape index (κ3) is 3.30. The second-order valence-corrected chi connectivity index (χ2v) is 10.2. The quantitative estimate of drug-likeness (QED) is 0.735. The van der Waals surface area contributed by atoms with Gasteiger partial charge in [-0.25, -0.2) is 8.78 Å². The second-order valence-electron chi connectivity index (χ2n) is 4.64. The zero-order chi connectivity index (χ0) is 16.9. The van der Waals surface area contributed by atoms with Gasteiger partial charge in [-0.2, -0.15) is 10.5 Å². The molecule has 6 heteroatoms. The molecule has 0 amide bonds. The normalized spacial score (nSPS) is 10.8. The molecule has 0 aliphatic carbocycles. The highest BCUT2D eigenvalue weighted by molar-refractivity contribution is 7.72. The lowest BCUT2D eigenvalue weighted by atomic mass is 10.1. The summed E-state index contributed by atoms with van der Waals surface area (Å²) in [5.74, 6) is -1.33. The Labute approximate surface area is 133 Å². The number of benzene rings is 1. The highest BCUT2D eigenvalue weighted by Gasteiger charge is 2.30. The minimum absolute atomic E-state index is 0.392. The van der Waals surface area contributed by atoms with Crippen molar-refractivity contribution in [3.8, 4) is 12.1 Å². The lowest BCUT2D eigenvalue weighted by Crippen LogP contribution is -2.33. The fourth-order valence-electron chi connectivity index (χ4n) is 2.53. The van der Waals surface area contributed by atoms with E-state index in [1.807, 2.05) is 27.7 Å². The maximum atomic E-state index is 14.9. The van der Waals surface area contributed by atoms with Gasteiger partial charge in [0.2, 0.25) is 0 Å². The number of rotatable bonds is 6. The molecule has 118 valence electrons.